The highest BCUT2D eigenvalue weighted by Gasteiger charge is 2.73. The van der Waals surface area contributed by atoms with Crippen LogP contribution in [0, 0.1) is 40.4 Å². The molecule has 328 valence electrons. The highest BCUT2D eigenvalue weighted by molar-refractivity contribution is 5.70. The number of carbonyl (C=O) groups is 2. The van der Waals surface area contributed by atoms with Crippen molar-refractivity contribution in [3.8, 4) is 0 Å². The molecule has 5 atom stereocenters. The minimum absolute atomic E-state index is 0.00835. The number of nitrogens with zero attached hydrogens (tertiary/aromatic N) is 1. The molecule has 0 aromatic heterocycles. The van der Waals surface area contributed by atoms with Crippen LogP contribution in [-0.4, -0.2) is 60.4 Å². The fraction of sp³-hybridized carbons (Fsp3) is 0.960. The van der Waals surface area contributed by atoms with Crippen LogP contribution in [0.2, 0.25) is 0 Å². The van der Waals surface area contributed by atoms with Crippen LogP contribution < -0.4 is 0 Å². The van der Waals surface area contributed by atoms with Gasteiger partial charge in [-0.1, -0.05) is 131 Å². The van der Waals surface area contributed by atoms with Crippen LogP contribution in [0.5, 0.6) is 0 Å². The third-order valence-electron chi connectivity index (χ3n) is 15.6. The Labute approximate surface area is 347 Å². The molecule has 0 aliphatic heterocycles. The number of aliphatic hydroxyl groups excluding tert-OH is 1. The van der Waals surface area contributed by atoms with Gasteiger partial charge in [-0.2, -0.15) is 0 Å². The van der Waals surface area contributed by atoms with Crippen molar-refractivity contribution in [2.24, 2.45) is 40.4 Å². The van der Waals surface area contributed by atoms with Crippen LogP contribution >= 0.6 is 0 Å². The zero-order valence-electron chi connectivity index (χ0n) is 38.2. The van der Waals surface area contributed by atoms with Gasteiger partial charge in [0.2, 0.25) is 0 Å². The predicted octanol–water partition coefficient (Wildman–Crippen LogP) is 13.3. The Hall–Kier alpha value is -1.14. The molecule has 0 amide bonds. The average molecular weight is 788 g/mol. The molecule has 0 aromatic carbocycles. The third-order valence-corrected chi connectivity index (χ3v) is 15.6. The van der Waals surface area contributed by atoms with Crippen LogP contribution in [-0.2, 0) is 19.1 Å². The monoisotopic (exact) mass is 788 g/mol. The van der Waals surface area contributed by atoms with Gasteiger partial charge >= 0.3 is 11.9 Å². The molecule has 3 aliphatic carbocycles. The van der Waals surface area contributed by atoms with Gasteiger partial charge in [0.1, 0.15) is 5.60 Å². The molecule has 3 rings (SSSR count). The van der Waals surface area contributed by atoms with E-state index in [0.717, 1.165) is 88.3 Å². The molecule has 6 nitrogen and oxygen atoms in total. The summed E-state index contributed by atoms with van der Waals surface area (Å²) in [6, 6.07) is 0. The van der Waals surface area contributed by atoms with Gasteiger partial charge in [0, 0.05) is 24.9 Å². The summed E-state index contributed by atoms with van der Waals surface area (Å²) in [4.78, 5) is 28.1. The number of hydrogen-bond donors (Lipinski definition) is 1. The molecule has 5 unspecified atom stereocenters. The lowest BCUT2D eigenvalue weighted by molar-refractivity contribution is -0.288. The van der Waals surface area contributed by atoms with Crippen molar-refractivity contribution < 1.29 is 24.2 Å². The largest absolute Gasteiger partial charge is 0.466 e. The smallest absolute Gasteiger partial charge is 0.306 e. The predicted molar refractivity (Wildman–Crippen MR) is 235 cm³/mol. The van der Waals surface area contributed by atoms with E-state index in [-0.39, 0.29) is 24.0 Å². The van der Waals surface area contributed by atoms with Crippen molar-refractivity contribution in [3.63, 3.8) is 0 Å². The van der Waals surface area contributed by atoms with Gasteiger partial charge in [-0.05, 0) is 139 Å². The van der Waals surface area contributed by atoms with E-state index >= 15 is 0 Å². The molecular formula is C50H93NO5. The van der Waals surface area contributed by atoms with E-state index < -0.39 is 5.60 Å². The fourth-order valence-corrected chi connectivity index (χ4v) is 11.4. The van der Waals surface area contributed by atoms with Gasteiger partial charge in [-0.15, -0.1) is 0 Å². The van der Waals surface area contributed by atoms with E-state index in [0.29, 0.717) is 30.8 Å². The Bertz CT molecular complexity index is 1060. The summed E-state index contributed by atoms with van der Waals surface area (Å²) in [5.74, 6) is 4.23. The maximum absolute atomic E-state index is 13.1. The Morgan fingerprint density at radius 2 is 1.21 bits per heavy atom. The molecular weight excluding hydrogens is 695 g/mol. The topological polar surface area (TPSA) is 76.1 Å². The highest BCUT2D eigenvalue weighted by Crippen LogP contribution is 2.78. The first-order valence-electron chi connectivity index (χ1n) is 24.6. The standard InChI is InChI=1S/C50H93NO5/c1-8-10-18-26-42(27-19-11-9-2)32-37-55-45(53)28-20-14-12-16-22-33-51(35-24-25-36-52)34-23-17-13-15-21-29-46(54)56-49(6,7)48(4,5)50-39-43-31-30-41(3)38-44(40-50)47(43)50/h41-44,47,52H,8-40H2,1-7H3. The first-order chi connectivity index (χ1) is 26.9. The second kappa shape index (κ2) is 26.2. The van der Waals surface area contributed by atoms with Crippen LogP contribution in [0.4, 0.5) is 0 Å². The Balaban J connectivity index is 1.22. The summed E-state index contributed by atoms with van der Waals surface area (Å²) in [5.41, 5.74) is -0.0933. The van der Waals surface area contributed by atoms with Crippen molar-refractivity contribution >= 4 is 11.9 Å². The van der Waals surface area contributed by atoms with Crippen molar-refractivity contribution in [1.29, 1.82) is 0 Å². The second-order valence-corrected chi connectivity index (χ2v) is 20.3. The Morgan fingerprint density at radius 3 is 1.80 bits per heavy atom. The van der Waals surface area contributed by atoms with Crippen LogP contribution in [0.1, 0.15) is 228 Å². The van der Waals surface area contributed by atoms with Crippen LogP contribution in [0.15, 0.2) is 0 Å². The first-order valence-corrected chi connectivity index (χ1v) is 24.6. The van der Waals surface area contributed by atoms with Crippen molar-refractivity contribution in [3.05, 3.63) is 0 Å². The Kier molecular flexibility index (Phi) is 23.0. The van der Waals surface area contributed by atoms with Crippen molar-refractivity contribution in [2.75, 3.05) is 32.8 Å². The van der Waals surface area contributed by atoms with E-state index in [1.165, 1.54) is 122 Å². The summed E-state index contributed by atoms with van der Waals surface area (Å²) in [6.45, 7) is 20.3. The van der Waals surface area contributed by atoms with E-state index in [4.69, 9.17) is 9.47 Å². The highest BCUT2D eigenvalue weighted by atomic mass is 16.6. The van der Waals surface area contributed by atoms with Gasteiger partial charge in [0.25, 0.3) is 0 Å². The SMILES string of the molecule is CCCCCC(CCCCC)CCOC(=O)CCCCCCCN(CCCCO)CCCCCCCC(=O)OC(C)(C)C(C)(C)C12CC3CCC(C)CC(C1)C32. The zero-order chi connectivity index (χ0) is 40.9. The molecule has 0 bridgehead atoms. The van der Waals surface area contributed by atoms with Gasteiger partial charge < -0.3 is 19.5 Å². The molecule has 0 heterocycles. The normalized spacial score (nSPS) is 23.4. The van der Waals surface area contributed by atoms with Gasteiger partial charge in [-0.3, -0.25) is 9.59 Å². The maximum atomic E-state index is 13.1. The lowest BCUT2D eigenvalue weighted by atomic mass is 9.30. The summed E-state index contributed by atoms with van der Waals surface area (Å²) in [6.07, 6.45) is 32.4. The van der Waals surface area contributed by atoms with Gasteiger partial charge in [0.05, 0.1) is 6.61 Å². The summed E-state index contributed by atoms with van der Waals surface area (Å²) in [7, 11) is 0. The molecule has 1 N–H and O–H groups in total. The summed E-state index contributed by atoms with van der Waals surface area (Å²) < 4.78 is 12.0. The molecule has 3 saturated carbocycles. The van der Waals surface area contributed by atoms with E-state index in [1.807, 2.05) is 0 Å². The molecule has 0 spiro atoms. The number of carbonyl (C=O) groups excluding carboxylic acids is 2. The first kappa shape index (κ1) is 49.2. The number of aliphatic hydroxyl groups is 1. The molecule has 0 saturated heterocycles. The average Bonchev–Trinajstić information content (AvgIpc) is 3.18. The Morgan fingerprint density at radius 1 is 0.679 bits per heavy atom. The van der Waals surface area contributed by atoms with Crippen molar-refractivity contribution in [2.45, 2.75) is 234 Å². The van der Waals surface area contributed by atoms with E-state index in [1.54, 1.807) is 0 Å². The molecule has 0 aromatic rings. The van der Waals surface area contributed by atoms with E-state index in [2.05, 4.69) is 53.4 Å². The summed E-state index contributed by atoms with van der Waals surface area (Å²) >= 11 is 0. The van der Waals surface area contributed by atoms with Crippen molar-refractivity contribution in [1.82, 2.24) is 4.90 Å². The van der Waals surface area contributed by atoms with Gasteiger partial charge in [0.15, 0.2) is 0 Å². The van der Waals surface area contributed by atoms with Crippen LogP contribution in [0.25, 0.3) is 0 Å². The fourth-order valence-electron chi connectivity index (χ4n) is 11.4. The van der Waals surface area contributed by atoms with Gasteiger partial charge in [-0.25, -0.2) is 0 Å². The molecule has 3 aliphatic rings. The number of rotatable bonds is 34. The second-order valence-electron chi connectivity index (χ2n) is 20.3. The number of unbranched alkanes of at least 4 members (excludes halogenated alkanes) is 13. The minimum Gasteiger partial charge on any atom is -0.466 e. The molecule has 56 heavy (non-hydrogen) atoms. The van der Waals surface area contributed by atoms with Crippen LogP contribution in [0.3, 0.4) is 0 Å². The summed E-state index contributed by atoms with van der Waals surface area (Å²) in [5, 5.41) is 9.33. The third kappa shape index (κ3) is 15.5. The number of hydrogen-bond acceptors (Lipinski definition) is 6. The zero-order valence-corrected chi connectivity index (χ0v) is 38.2. The quantitative estimate of drug-likeness (QED) is 0.0517. The molecule has 6 heteroatoms. The number of esters is 2. The maximum Gasteiger partial charge on any atom is 0.306 e. The number of ether oxygens (including phenoxy) is 2. The lowest BCUT2D eigenvalue weighted by Gasteiger charge is -2.75. The minimum atomic E-state index is -0.449. The molecule has 0 radical (unpaired) electrons. The molecule has 3 fully saturated rings. The van der Waals surface area contributed by atoms with E-state index in [9.17, 15) is 14.7 Å². The lowest BCUT2D eigenvalue weighted by Crippen LogP contribution is -2.71.